The van der Waals surface area contributed by atoms with Crippen molar-refractivity contribution in [3.05, 3.63) is 89.5 Å². The molecule has 5 heteroatoms. The quantitative estimate of drug-likeness (QED) is 0.586. The van der Waals surface area contributed by atoms with Crippen LogP contribution in [0.4, 0.5) is 0 Å². The van der Waals surface area contributed by atoms with Gasteiger partial charge in [-0.3, -0.25) is 4.79 Å². The second-order valence-corrected chi connectivity index (χ2v) is 8.25. The van der Waals surface area contributed by atoms with E-state index in [1.54, 1.807) is 72.8 Å². The highest BCUT2D eigenvalue weighted by molar-refractivity contribution is 7.91. The summed E-state index contributed by atoms with van der Waals surface area (Å²) >= 11 is 0. The maximum atomic E-state index is 12.7. The Morgan fingerprint density at radius 3 is 2.00 bits per heavy atom. The summed E-state index contributed by atoms with van der Waals surface area (Å²) in [7, 11) is -3.54. The topological polar surface area (TPSA) is 60.4 Å². The molecule has 0 amide bonds. The number of hydrogen-bond donors (Lipinski definition) is 0. The number of para-hydroxylation sites is 1. The predicted octanol–water partition coefficient (Wildman–Crippen LogP) is 4.61. The van der Waals surface area contributed by atoms with Gasteiger partial charge < -0.3 is 4.74 Å². The predicted molar refractivity (Wildman–Crippen MR) is 104 cm³/mol. The molecule has 0 N–H and O–H groups in total. The molecule has 0 aliphatic rings. The van der Waals surface area contributed by atoms with Crippen LogP contribution in [0.15, 0.2) is 82.6 Å². The van der Waals surface area contributed by atoms with Crippen LogP contribution in [0.3, 0.4) is 0 Å². The van der Waals surface area contributed by atoms with E-state index < -0.39 is 9.84 Å². The van der Waals surface area contributed by atoms with Crippen LogP contribution >= 0.6 is 0 Å². The lowest BCUT2D eigenvalue weighted by molar-refractivity contribution is 0.101. The average molecular weight is 380 g/mol. The number of benzene rings is 3. The van der Waals surface area contributed by atoms with Crippen LogP contribution in [0.1, 0.15) is 28.4 Å². The minimum absolute atomic E-state index is 0.0647. The van der Waals surface area contributed by atoms with Gasteiger partial charge in [0, 0.05) is 0 Å². The zero-order chi connectivity index (χ0) is 19.4. The smallest absolute Gasteiger partial charge is 0.206 e. The average Bonchev–Trinajstić information content (AvgIpc) is 2.67. The highest BCUT2D eigenvalue weighted by Crippen LogP contribution is 2.23. The number of Topliss-reactive ketones (excluding diaryl/α,β-unsaturated/α-hetero) is 1. The van der Waals surface area contributed by atoms with E-state index in [1.165, 1.54) is 6.92 Å². The van der Waals surface area contributed by atoms with Gasteiger partial charge in [0.1, 0.15) is 12.4 Å². The van der Waals surface area contributed by atoms with E-state index >= 15 is 0 Å². The van der Waals surface area contributed by atoms with Crippen molar-refractivity contribution in [2.45, 2.75) is 30.2 Å². The van der Waals surface area contributed by atoms with Crippen molar-refractivity contribution >= 4 is 15.6 Å². The molecule has 0 heterocycles. The molecule has 0 spiro atoms. The fraction of sp³-hybridized carbons (Fsp3) is 0.136. The molecule has 0 aliphatic heterocycles. The zero-order valence-electron chi connectivity index (χ0n) is 15.2. The maximum Gasteiger partial charge on any atom is 0.206 e. The van der Waals surface area contributed by atoms with Crippen LogP contribution in [-0.2, 0) is 16.4 Å². The van der Waals surface area contributed by atoms with E-state index in [0.717, 1.165) is 11.1 Å². The first-order valence-electron chi connectivity index (χ1n) is 8.51. The Balaban J connectivity index is 1.76. The Bertz CT molecular complexity index is 1050. The molecule has 138 valence electrons. The number of carbonyl (C=O) groups is 1. The van der Waals surface area contributed by atoms with Gasteiger partial charge in [-0.05, 0) is 55.8 Å². The van der Waals surface area contributed by atoms with Crippen LogP contribution in [-0.4, -0.2) is 14.2 Å². The summed E-state index contributed by atoms with van der Waals surface area (Å²) in [5.74, 6) is 0.450. The van der Waals surface area contributed by atoms with E-state index in [0.29, 0.717) is 11.3 Å². The molecule has 4 nitrogen and oxygen atoms in total. The molecule has 0 unspecified atom stereocenters. The number of hydrogen-bond acceptors (Lipinski definition) is 4. The minimum atomic E-state index is -3.54. The zero-order valence-corrected chi connectivity index (χ0v) is 16.0. The van der Waals surface area contributed by atoms with Gasteiger partial charge in [0.05, 0.1) is 15.4 Å². The fourth-order valence-electron chi connectivity index (χ4n) is 2.66. The summed E-state index contributed by atoms with van der Waals surface area (Å²) in [6.07, 6.45) is 0. The van der Waals surface area contributed by atoms with Crippen molar-refractivity contribution in [1.82, 2.24) is 0 Å². The molecule has 0 radical (unpaired) electrons. The molecule has 0 saturated heterocycles. The molecule has 0 saturated carbocycles. The molecule has 0 fully saturated rings. The van der Waals surface area contributed by atoms with Gasteiger partial charge in [-0.25, -0.2) is 8.42 Å². The monoisotopic (exact) mass is 380 g/mol. The van der Waals surface area contributed by atoms with E-state index in [1.807, 2.05) is 6.92 Å². The lowest BCUT2D eigenvalue weighted by Gasteiger charge is -2.10. The molecular weight excluding hydrogens is 360 g/mol. The third-order valence-corrected chi connectivity index (χ3v) is 6.01. The van der Waals surface area contributed by atoms with Crippen LogP contribution in [0.25, 0.3) is 0 Å². The Kier molecular flexibility index (Phi) is 5.42. The summed E-state index contributed by atoms with van der Waals surface area (Å²) in [5, 5.41) is 0. The summed E-state index contributed by atoms with van der Waals surface area (Å²) < 4.78 is 31.1. The van der Waals surface area contributed by atoms with Gasteiger partial charge in [0.2, 0.25) is 9.84 Å². The van der Waals surface area contributed by atoms with E-state index in [9.17, 15) is 13.2 Å². The van der Waals surface area contributed by atoms with Gasteiger partial charge in [-0.1, -0.05) is 42.0 Å². The standard InChI is InChI=1S/C22H20O4S/c1-16-7-11-19(12-8-16)27(24,25)20-13-9-18(10-14-20)15-26-22-6-4-3-5-21(22)17(2)23/h3-14H,15H2,1-2H3. The number of rotatable bonds is 6. The van der Waals surface area contributed by atoms with Crippen LogP contribution in [0.2, 0.25) is 0 Å². The fourth-order valence-corrected chi connectivity index (χ4v) is 3.92. The van der Waals surface area contributed by atoms with Gasteiger partial charge in [-0.15, -0.1) is 0 Å². The molecular formula is C22H20O4S. The molecule has 27 heavy (non-hydrogen) atoms. The maximum absolute atomic E-state index is 12.7. The van der Waals surface area contributed by atoms with E-state index in [2.05, 4.69) is 0 Å². The van der Waals surface area contributed by atoms with Crippen LogP contribution in [0.5, 0.6) is 5.75 Å². The first-order chi connectivity index (χ1) is 12.9. The SMILES string of the molecule is CC(=O)c1ccccc1OCc1ccc(S(=O)(=O)c2ccc(C)cc2)cc1. The second-order valence-electron chi connectivity index (χ2n) is 6.30. The lowest BCUT2D eigenvalue weighted by atomic mass is 10.1. The minimum Gasteiger partial charge on any atom is -0.488 e. The second kappa shape index (κ2) is 7.76. The molecule has 0 bridgehead atoms. The van der Waals surface area contributed by atoms with E-state index in [4.69, 9.17) is 4.74 Å². The summed E-state index contributed by atoms with van der Waals surface area (Å²) in [6, 6.07) is 20.4. The first kappa shape index (κ1) is 18.9. The number of sulfone groups is 1. The van der Waals surface area contributed by atoms with Crippen molar-refractivity contribution in [3.63, 3.8) is 0 Å². The molecule has 0 atom stereocenters. The van der Waals surface area contributed by atoms with Crippen LogP contribution < -0.4 is 4.74 Å². The molecule has 3 aromatic carbocycles. The Morgan fingerprint density at radius 1 is 0.852 bits per heavy atom. The number of ether oxygens (including phenoxy) is 1. The first-order valence-corrected chi connectivity index (χ1v) is 10.00. The van der Waals surface area contributed by atoms with Crippen molar-refractivity contribution in [1.29, 1.82) is 0 Å². The van der Waals surface area contributed by atoms with Crippen molar-refractivity contribution in [3.8, 4) is 5.75 Å². The number of aryl methyl sites for hydroxylation is 1. The van der Waals surface area contributed by atoms with Crippen molar-refractivity contribution in [2.24, 2.45) is 0 Å². The van der Waals surface area contributed by atoms with E-state index in [-0.39, 0.29) is 22.2 Å². The number of carbonyl (C=O) groups excluding carboxylic acids is 1. The Morgan fingerprint density at radius 2 is 1.41 bits per heavy atom. The third-order valence-electron chi connectivity index (χ3n) is 4.23. The van der Waals surface area contributed by atoms with Crippen molar-refractivity contribution in [2.75, 3.05) is 0 Å². The molecule has 0 aromatic heterocycles. The lowest BCUT2D eigenvalue weighted by Crippen LogP contribution is -2.04. The summed E-state index contributed by atoms with van der Waals surface area (Å²) in [6.45, 7) is 3.65. The Labute approximate surface area is 159 Å². The highest BCUT2D eigenvalue weighted by Gasteiger charge is 2.17. The van der Waals surface area contributed by atoms with Gasteiger partial charge in [0.25, 0.3) is 0 Å². The van der Waals surface area contributed by atoms with Crippen LogP contribution in [0, 0.1) is 6.92 Å². The number of ketones is 1. The molecule has 3 aromatic rings. The van der Waals surface area contributed by atoms with Gasteiger partial charge in [-0.2, -0.15) is 0 Å². The summed E-state index contributed by atoms with van der Waals surface area (Å²) in [5.41, 5.74) is 2.35. The normalized spacial score (nSPS) is 11.2. The third kappa shape index (κ3) is 4.26. The van der Waals surface area contributed by atoms with Gasteiger partial charge in [0.15, 0.2) is 5.78 Å². The molecule has 0 aliphatic carbocycles. The summed E-state index contributed by atoms with van der Waals surface area (Å²) in [4.78, 5) is 12.1. The van der Waals surface area contributed by atoms with Gasteiger partial charge >= 0.3 is 0 Å². The highest BCUT2D eigenvalue weighted by atomic mass is 32.2. The Hall–Kier alpha value is -2.92. The molecule has 3 rings (SSSR count). The van der Waals surface area contributed by atoms with Crippen molar-refractivity contribution < 1.29 is 17.9 Å². The largest absolute Gasteiger partial charge is 0.488 e.